The molecule has 24 heavy (non-hydrogen) atoms. The molecular formula is C17H17NO5S. The minimum absolute atomic E-state index is 0.00695. The van der Waals surface area contributed by atoms with E-state index in [2.05, 4.69) is 5.32 Å². The number of thiophene rings is 1. The molecule has 0 aliphatic heterocycles. The van der Waals surface area contributed by atoms with Crippen molar-refractivity contribution in [3.05, 3.63) is 52.2 Å². The number of ether oxygens (including phenoxy) is 2. The molecule has 1 N–H and O–H groups in total. The molecule has 2 aromatic rings. The van der Waals surface area contributed by atoms with Gasteiger partial charge < -0.3 is 14.8 Å². The molecule has 0 aliphatic rings. The highest BCUT2D eigenvalue weighted by molar-refractivity contribution is 7.12. The van der Waals surface area contributed by atoms with Crippen LogP contribution in [0.15, 0.2) is 41.8 Å². The second-order valence-corrected chi connectivity index (χ2v) is 5.74. The van der Waals surface area contributed by atoms with Gasteiger partial charge in [0.25, 0.3) is 5.91 Å². The number of rotatable bonds is 8. The van der Waals surface area contributed by atoms with Crippen molar-refractivity contribution in [1.29, 1.82) is 0 Å². The zero-order valence-electron chi connectivity index (χ0n) is 13.1. The SMILES string of the molecule is COc1ccc(C(=O)COC(=O)CCNC(=O)c2cccs2)cc1. The molecule has 0 radical (unpaired) electrons. The number of carbonyl (C=O) groups excluding carboxylic acids is 3. The number of Topliss-reactive ketones (excluding diaryl/α,β-unsaturated/α-hetero) is 1. The van der Waals surface area contributed by atoms with E-state index in [0.717, 1.165) is 0 Å². The smallest absolute Gasteiger partial charge is 0.308 e. The summed E-state index contributed by atoms with van der Waals surface area (Å²) in [6.45, 7) is -0.170. The Bertz CT molecular complexity index is 694. The maximum atomic E-state index is 11.9. The largest absolute Gasteiger partial charge is 0.497 e. The quantitative estimate of drug-likeness (QED) is 0.585. The van der Waals surface area contributed by atoms with Gasteiger partial charge >= 0.3 is 5.97 Å². The standard InChI is InChI=1S/C17H17NO5S/c1-22-13-6-4-12(5-7-13)14(19)11-23-16(20)8-9-18-17(21)15-3-2-10-24-15/h2-7,10H,8-9,11H2,1H3,(H,18,21). The Morgan fingerprint density at radius 3 is 2.50 bits per heavy atom. The Hall–Kier alpha value is -2.67. The molecule has 0 saturated carbocycles. The summed E-state index contributed by atoms with van der Waals surface area (Å²) in [5.74, 6) is -0.422. The molecule has 0 spiro atoms. The molecule has 6 nitrogen and oxygen atoms in total. The molecule has 0 aliphatic carbocycles. The number of amides is 1. The molecule has 0 bridgehead atoms. The molecule has 0 atom stereocenters. The second kappa shape index (κ2) is 8.83. The Morgan fingerprint density at radius 2 is 1.88 bits per heavy atom. The van der Waals surface area contributed by atoms with Crippen molar-refractivity contribution in [3.63, 3.8) is 0 Å². The van der Waals surface area contributed by atoms with E-state index in [0.29, 0.717) is 16.2 Å². The first-order chi connectivity index (χ1) is 11.6. The first-order valence-corrected chi connectivity index (χ1v) is 8.12. The fourth-order valence-corrected chi connectivity index (χ4v) is 2.49. The number of hydrogen-bond acceptors (Lipinski definition) is 6. The lowest BCUT2D eigenvalue weighted by molar-refractivity contribution is -0.142. The van der Waals surface area contributed by atoms with E-state index < -0.39 is 5.97 Å². The molecule has 0 fully saturated rings. The maximum absolute atomic E-state index is 11.9. The van der Waals surface area contributed by atoms with Crippen molar-refractivity contribution in [2.45, 2.75) is 6.42 Å². The van der Waals surface area contributed by atoms with Gasteiger partial charge in [-0.05, 0) is 35.7 Å². The monoisotopic (exact) mass is 347 g/mol. The summed E-state index contributed by atoms with van der Waals surface area (Å²) in [7, 11) is 1.54. The van der Waals surface area contributed by atoms with Crippen molar-refractivity contribution < 1.29 is 23.9 Å². The van der Waals surface area contributed by atoms with Crippen LogP contribution in [0.3, 0.4) is 0 Å². The molecular weight excluding hydrogens is 330 g/mol. The van der Waals surface area contributed by atoms with Gasteiger partial charge in [0.15, 0.2) is 12.4 Å². The van der Waals surface area contributed by atoms with Crippen molar-refractivity contribution in [1.82, 2.24) is 5.32 Å². The van der Waals surface area contributed by atoms with Crippen LogP contribution in [-0.2, 0) is 9.53 Å². The summed E-state index contributed by atoms with van der Waals surface area (Å²) in [6.07, 6.45) is 0.00695. The third-order valence-corrected chi connectivity index (χ3v) is 4.00. The molecule has 1 heterocycles. The fraction of sp³-hybridized carbons (Fsp3) is 0.235. The van der Waals surface area contributed by atoms with Crippen molar-refractivity contribution >= 4 is 29.0 Å². The summed E-state index contributed by atoms with van der Waals surface area (Å²) in [5.41, 5.74) is 0.439. The highest BCUT2D eigenvalue weighted by Crippen LogP contribution is 2.12. The molecule has 7 heteroatoms. The lowest BCUT2D eigenvalue weighted by atomic mass is 10.1. The number of methoxy groups -OCH3 is 1. The van der Waals surface area contributed by atoms with Crippen LogP contribution in [0.4, 0.5) is 0 Å². The number of benzene rings is 1. The van der Waals surface area contributed by atoms with Crippen LogP contribution in [0.25, 0.3) is 0 Å². The Balaban J connectivity index is 1.68. The molecule has 2 rings (SSSR count). The Morgan fingerprint density at radius 1 is 1.12 bits per heavy atom. The third kappa shape index (κ3) is 5.20. The molecule has 0 saturated heterocycles. The van der Waals surface area contributed by atoms with Crippen LogP contribution >= 0.6 is 11.3 Å². The van der Waals surface area contributed by atoms with Gasteiger partial charge in [-0.1, -0.05) is 6.07 Å². The van der Waals surface area contributed by atoms with Gasteiger partial charge in [0, 0.05) is 12.1 Å². The average molecular weight is 347 g/mol. The van der Waals surface area contributed by atoms with E-state index in [1.165, 1.54) is 18.4 Å². The summed E-state index contributed by atoms with van der Waals surface area (Å²) < 4.78 is 9.93. The van der Waals surface area contributed by atoms with Crippen molar-refractivity contribution in [2.24, 2.45) is 0 Å². The highest BCUT2D eigenvalue weighted by Gasteiger charge is 2.11. The van der Waals surface area contributed by atoms with E-state index in [1.807, 2.05) is 0 Å². The minimum atomic E-state index is -0.539. The molecule has 126 valence electrons. The van der Waals surface area contributed by atoms with E-state index >= 15 is 0 Å². The maximum Gasteiger partial charge on any atom is 0.308 e. The van der Waals surface area contributed by atoms with Gasteiger partial charge in [0.1, 0.15) is 5.75 Å². The average Bonchev–Trinajstić information content (AvgIpc) is 3.14. The van der Waals surface area contributed by atoms with Crippen LogP contribution in [-0.4, -0.2) is 37.9 Å². The van der Waals surface area contributed by atoms with Crippen LogP contribution in [0.1, 0.15) is 26.5 Å². The van der Waals surface area contributed by atoms with E-state index in [1.54, 1.807) is 41.8 Å². The number of esters is 1. The van der Waals surface area contributed by atoms with Gasteiger partial charge in [0.2, 0.25) is 0 Å². The van der Waals surface area contributed by atoms with Crippen LogP contribution in [0.2, 0.25) is 0 Å². The van der Waals surface area contributed by atoms with Gasteiger partial charge in [-0.2, -0.15) is 0 Å². The summed E-state index contributed by atoms with van der Waals surface area (Å²) >= 11 is 1.32. The first kappa shape index (κ1) is 17.7. The molecule has 0 unspecified atom stereocenters. The van der Waals surface area contributed by atoms with Crippen molar-refractivity contribution in [3.8, 4) is 5.75 Å². The van der Waals surface area contributed by atoms with E-state index in [9.17, 15) is 14.4 Å². The van der Waals surface area contributed by atoms with E-state index in [-0.39, 0.29) is 31.3 Å². The number of nitrogens with one attached hydrogen (secondary N) is 1. The fourth-order valence-electron chi connectivity index (χ4n) is 1.85. The molecule has 1 amide bonds. The number of carbonyl (C=O) groups is 3. The third-order valence-electron chi connectivity index (χ3n) is 3.14. The van der Waals surface area contributed by atoms with Crippen LogP contribution in [0.5, 0.6) is 5.75 Å². The van der Waals surface area contributed by atoms with Crippen molar-refractivity contribution in [2.75, 3.05) is 20.3 Å². The zero-order valence-corrected chi connectivity index (χ0v) is 13.9. The van der Waals surface area contributed by atoms with Gasteiger partial charge in [-0.15, -0.1) is 11.3 Å². The van der Waals surface area contributed by atoms with Crippen LogP contribution < -0.4 is 10.1 Å². The summed E-state index contributed by atoms with van der Waals surface area (Å²) in [4.78, 5) is 35.8. The zero-order chi connectivity index (χ0) is 17.4. The van der Waals surface area contributed by atoms with Gasteiger partial charge in [0.05, 0.1) is 18.4 Å². The lowest BCUT2D eigenvalue weighted by Gasteiger charge is -2.06. The van der Waals surface area contributed by atoms with E-state index in [4.69, 9.17) is 9.47 Å². The molecule has 1 aromatic heterocycles. The Labute approximate surface area is 143 Å². The van der Waals surface area contributed by atoms with Gasteiger partial charge in [-0.25, -0.2) is 0 Å². The van der Waals surface area contributed by atoms with Crippen LogP contribution in [0, 0.1) is 0 Å². The highest BCUT2D eigenvalue weighted by atomic mass is 32.1. The molecule has 1 aromatic carbocycles. The predicted molar refractivity (Wildman–Crippen MR) is 89.6 cm³/mol. The summed E-state index contributed by atoms with van der Waals surface area (Å²) in [6, 6.07) is 10.0. The Kier molecular flexibility index (Phi) is 6.51. The first-order valence-electron chi connectivity index (χ1n) is 7.24. The second-order valence-electron chi connectivity index (χ2n) is 4.80. The predicted octanol–water partition coefficient (Wildman–Crippen LogP) is 2.30. The minimum Gasteiger partial charge on any atom is -0.497 e. The van der Waals surface area contributed by atoms with Gasteiger partial charge in [-0.3, -0.25) is 14.4 Å². The number of hydrogen-bond donors (Lipinski definition) is 1. The summed E-state index contributed by atoms with van der Waals surface area (Å²) in [5, 5.41) is 4.42. The lowest BCUT2D eigenvalue weighted by Crippen LogP contribution is -2.26. The normalized spacial score (nSPS) is 10.0. The number of ketones is 1. The topological polar surface area (TPSA) is 81.7 Å².